The van der Waals surface area contributed by atoms with Crippen LogP contribution in [0.2, 0.25) is 0 Å². The van der Waals surface area contributed by atoms with Crippen molar-refractivity contribution in [3.63, 3.8) is 0 Å². The number of nitrogens with zero attached hydrogens (tertiary/aromatic N) is 2. The van der Waals surface area contributed by atoms with Crippen LogP contribution in [0.1, 0.15) is 80.0 Å². The molecule has 0 aromatic carbocycles. The summed E-state index contributed by atoms with van der Waals surface area (Å²) in [4.78, 5) is 16.4. The maximum atomic E-state index is 12.9. The number of carbonyl (C=O) groups is 1. The van der Waals surface area contributed by atoms with Gasteiger partial charge in [0.05, 0.1) is 5.56 Å². The van der Waals surface area contributed by atoms with E-state index in [1.807, 2.05) is 0 Å². The monoisotopic (exact) mass is 395 g/mol. The van der Waals surface area contributed by atoms with Gasteiger partial charge in [-0.1, -0.05) is 32.6 Å². The van der Waals surface area contributed by atoms with E-state index in [-0.39, 0.29) is 17.6 Å². The molecule has 0 aliphatic heterocycles. The van der Waals surface area contributed by atoms with Crippen LogP contribution in [0.15, 0.2) is 18.3 Å². The molecule has 0 radical (unpaired) electrons. The zero-order valence-corrected chi connectivity index (χ0v) is 17.0. The summed E-state index contributed by atoms with van der Waals surface area (Å²) in [7, 11) is 1.73. The number of nitrogens with one attached hydrogen (secondary N) is 1. The Morgan fingerprint density at radius 3 is 2.64 bits per heavy atom. The minimum absolute atomic E-state index is 0.176. The van der Waals surface area contributed by atoms with Crippen LogP contribution in [-0.4, -0.2) is 35.1 Å². The zero-order chi connectivity index (χ0) is 20.5. The van der Waals surface area contributed by atoms with Gasteiger partial charge in [-0.05, 0) is 38.3 Å². The highest BCUT2D eigenvalue weighted by Crippen LogP contribution is 2.22. The van der Waals surface area contributed by atoms with Gasteiger partial charge in [-0.2, -0.15) is 0 Å². The number of alkyl halides is 2. The molecule has 0 spiro atoms. The number of aryl methyl sites for hydroxylation is 1. The van der Waals surface area contributed by atoms with Gasteiger partial charge in [0.25, 0.3) is 12.3 Å². The number of ether oxygens (including phenoxy) is 1. The minimum Gasteiger partial charge on any atom is -0.385 e. The van der Waals surface area contributed by atoms with Crippen LogP contribution >= 0.6 is 0 Å². The van der Waals surface area contributed by atoms with E-state index >= 15 is 0 Å². The molecule has 5 nitrogen and oxygen atoms in total. The third-order valence-electron chi connectivity index (χ3n) is 4.94. The van der Waals surface area contributed by atoms with Gasteiger partial charge in [-0.25, -0.2) is 13.8 Å². The number of hydrogen-bond acceptors (Lipinski definition) is 3. The number of halogens is 2. The number of fused-ring (bicyclic) bond motifs is 1. The molecule has 0 atom stereocenters. The number of unbranched alkanes of at least 4 members (excludes halogenated alkanes) is 1. The highest BCUT2D eigenvalue weighted by atomic mass is 19.3. The van der Waals surface area contributed by atoms with Crippen molar-refractivity contribution in [1.29, 1.82) is 0 Å². The van der Waals surface area contributed by atoms with Crippen molar-refractivity contribution in [3.05, 3.63) is 35.3 Å². The lowest BCUT2D eigenvalue weighted by Crippen LogP contribution is -2.36. The first kappa shape index (κ1) is 22.3. The average Bonchev–Trinajstić information content (AvgIpc) is 3.12. The van der Waals surface area contributed by atoms with E-state index in [1.54, 1.807) is 30.7 Å². The van der Waals surface area contributed by atoms with Crippen molar-refractivity contribution in [2.24, 2.45) is 0 Å². The number of rotatable bonds is 6. The average molecular weight is 395 g/mol. The Bertz CT molecular complexity index is 751. The van der Waals surface area contributed by atoms with E-state index in [9.17, 15) is 13.6 Å². The van der Waals surface area contributed by atoms with Crippen LogP contribution in [-0.2, 0) is 4.74 Å². The van der Waals surface area contributed by atoms with Crippen molar-refractivity contribution in [2.45, 2.75) is 71.3 Å². The molecular weight excluding hydrogens is 364 g/mol. The zero-order valence-electron chi connectivity index (χ0n) is 17.0. The molecule has 1 aliphatic carbocycles. The second kappa shape index (κ2) is 11.1. The molecule has 1 amide bonds. The molecule has 3 rings (SSSR count). The first-order valence-corrected chi connectivity index (χ1v) is 10.0. The first-order chi connectivity index (χ1) is 13.5. The lowest BCUT2D eigenvalue weighted by atomic mass is 9.95. The predicted molar refractivity (Wildman–Crippen MR) is 106 cm³/mol. The number of carbonyl (C=O) groups excluding carboxylic acids is 1. The normalized spacial score (nSPS) is 14.8. The molecule has 156 valence electrons. The molecule has 1 fully saturated rings. The molecule has 28 heavy (non-hydrogen) atoms. The second-order valence-corrected chi connectivity index (χ2v) is 7.20. The molecule has 1 N–H and O–H groups in total. The Morgan fingerprint density at radius 2 is 2.07 bits per heavy atom. The van der Waals surface area contributed by atoms with Crippen LogP contribution < -0.4 is 5.32 Å². The number of methoxy groups -OCH3 is 1. The predicted octanol–water partition coefficient (Wildman–Crippen LogP) is 5.08. The topological polar surface area (TPSA) is 55.6 Å². The fourth-order valence-electron chi connectivity index (χ4n) is 3.35. The summed E-state index contributed by atoms with van der Waals surface area (Å²) in [6.45, 7) is 4.79. The minimum atomic E-state index is -2.65. The van der Waals surface area contributed by atoms with Gasteiger partial charge in [0.2, 0.25) is 0 Å². The Morgan fingerprint density at radius 1 is 1.36 bits per heavy atom. The highest BCUT2D eigenvalue weighted by molar-refractivity contribution is 6.00. The van der Waals surface area contributed by atoms with E-state index in [4.69, 9.17) is 4.74 Å². The SMILES string of the molecule is CCCCOC.Cc1cc(C(F)F)nc2c(C(=O)NC3CCCCC3)ccn12. The van der Waals surface area contributed by atoms with Crippen LogP contribution in [0, 0.1) is 6.92 Å². The fraction of sp³-hybridized carbons (Fsp3) is 0.619. The summed E-state index contributed by atoms with van der Waals surface area (Å²) in [6, 6.07) is 3.17. The van der Waals surface area contributed by atoms with E-state index in [0.717, 1.165) is 32.3 Å². The van der Waals surface area contributed by atoms with E-state index < -0.39 is 6.43 Å². The second-order valence-electron chi connectivity index (χ2n) is 7.20. The van der Waals surface area contributed by atoms with Crippen molar-refractivity contribution >= 4 is 11.6 Å². The summed E-state index contributed by atoms with van der Waals surface area (Å²) in [5.74, 6) is -0.229. The molecule has 0 unspecified atom stereocenters. The molecule has 0 bridgehead atoms. The number of aromatic nitrogens is 2. The summed E-state index contributed by atoms with van der Waals surface area (Å²) in [5.41, 5.74) is 0.993. The molecular formula is C21H31F2N3O2. The van der Waals surface area contributed by atoms with Gasteiger partial charge in [-0.15, -0.1) is 0 Å². The van der Waals surface area contributed by atoms with Gasteiger partial charge in [0.1, 0.15) is 11.3 Å². The summed E-state index contributed by atoms with van der Waals surface area (Å²) >= 11 is 0. The number of amides is 1. The Kier molecular flexibility index (Phi) is 8.83. The summed E-state index contributed by atoms with van der Waals surface area (Å²) in [6.07, 6.45) is 6.88. The van der Waals surface area contributed by atoms with Crippen LogP contribution in [0.25, 0.3) is 5.65 Å². The first-order valence-electron chi connectivity index (χ1n) is 10.0. The maximum Gasteiger partial charge on any atom is 0.280 e. The Hall–Kier alpha value is -2.02. The third kappa shape index (κ3) is 5.99. The Balaban J connectivity index is 0.000000409. The highest BCUT2D eigenvalue weighted by Gasteiger charge is 2.21. The van der Waals surface area contributed by atoms with Crippen LogP contribution in [0.4, 0.5) is 8.78 Å². The molecule has 2 aromatic heterocycles. The molecule has 1 aliphatic rings. The quantitative estimate of drug-likeness (QED) is 0.694. The van der Waals surface area contributed by atoms with Gasteiger partial charge in [0.15, 0.2) is 0 Å². The lowest BCUT2D eigenvalue weighted by Gasteiger charge is -2.22. The standard InChI is InChI=1S/C16H19F2N3O.C5H12O/c1-10-9-13(14(17)18)20-15-12(7-8-21(10)15)16(22)19-11-5-3-2-4-6-11;1-3-4-5-6-2/h7-9,11,14H,2-6H2,1H3,(H,19,22);3-5H2,1-2H3. The van der Waals surface area contributed by atoms with E-state index in [1.165, 1.54) is 25.3 Å². The summed E-state index contributed by atoms with van der Waals surface area (Å²) in [5, 5.41) is 3.00. The molecule has 0 saturated heterocycles. The third-order valence-corrected chi connectivity index (χ3v) is 4.94. The summed E-state index contributed by atoms with van der Waals surface area (Å²) < 4.78 is 32.3. The fourth-order valence-corrected chi connectivity index (χ4v) is 3.35. The molecule has 2 aromatic rings. The molecule has 2 heterocycles. The lowest BCUT2D eigenvalue weighted by molar-refractivity contribution is 0.0929. The van der Waals surface area contributed by atoms with E-state index in [0.29, 0.717) is 16.9 Å². The largest absolute Gasteiger partial charge is 0.385 e. The molecule has 1 saturated carbocycles. The van der Waals surface area contributed by atoms with Crippen molar-refractivity contribution < 1.29 is 18.3 Å². The van der Waals surface area contributed by atoms with Crippen molar-refractivity contribution in [1.82, 2.24) is 14.7 Å². The maximum absolute atomic E-state index is 12.9. The Labute approximate surface area is 165 Å². The van der Waals surface area contributed by atoms with Gasteiger partial charge >= 0.3 is 0 Å². The number of hydrogen-bond donors (Lipinski definition) is 1. The molecule has 7 heteroatoms. The van der Waals surface area contributed by atoms with Crippen LogP contribution in [0.3, 0.4) is 0 Å². The van der Waals surface area contributed by atoms with Crippen LogP contribution in [0.5, 0.6) is 0 Å². The van der Waals surface area contributed by atoms with Crippen molar-refractivity contribution in [3.8, 4) is 0 Å². The van der Waals surface area contributed by atoms with Gasteiger partial charge in [-0.3, -0.25) is 4.79 Å². The van der Waals surface area contributed by atoms with Gasteiger partial charge in [0, 0.05) is 31.6 Å². The van der Waals surface area contributed by atoms with Gasteiger partial charge < -0.3 is 14.5 Å². The van der Waals surface area contributed by atoms with E-state index in [2.05, 4.69) is 17.2 Å². The van der Waals surface area contributed by atoms with Crippen molar-refractivity contribution in [2.75, 3.05) is 13.7 Å². The smallest absolute Gasteiger partial charge is 0.280 e.